The Morgan fingerprint density at radius 1 is 1.10 bits per heavy atom. The van der Waals surface area contributed by atoms with E-state index in [1.54, 1.807) is 24.3 Å². The Kier molecular flexibility index (Phi) is 4.79. The molecule has 0 aromatic heterocycles. The molecule has 2 aromatic carbocycles. The molecule has 0 heterocycles. The molecule has 3 nitrogen and oxygen atoms in total. The van der Waals surface area contributed by atoms with E-state index in [9.17, 15) is 4.79 Å². The normalized spacial score (nSPS) is 10.4. The van der Waals surface area contributed by atoms with Crippen molar-refractivity contribution < 1.29 is 14.3 Å². The van der Waals surface area contributed by atoms with Gasteiger partial charge in [0.2, 0.25) is 0 Å². The van der Waals surface area contributed by atoms with Gasteiger partial charge in [-0.1, -0.05) is 34.1 Å². The fourth-order valence-corrected chi connectivity index (χ4v) is 2.03. The van der Waals surface area contributed by atoms with E-state index in [4.69, 9.17) is 9.47 Å². The Hall–Kier alpha value is -1.81. The SMILES string of the molecule is CC(C)Oc1ccc(Br)cc1C(=O)Oc1ccccc1. The first kappa shape index (κ1) is 14.6. The lowest BCUT2D eigenvalue weighted by molar-refractivity contribution is 0.0728. The van der Waals surface area contributed by atoms with E-state index in [-0.39, 0.29) is 6.10 Å². The Labute approximate surface area is 126 Å². The van der Waals surface area contributed by atoms with Gasteiger partial charge in [-0.25, -0.2) is 4.79 Å². The van der Waals surface area contributed by atoms with Crippen LogP contribution in [0.25, 0.3) is 0 Å². The van der Waals surface area contributed by atoms with E-state index in [1.165, 1.54) is 0 Å². The van der Waals surface area contributed by atoms with Crippen molar-refractivity contribution in [2.75, 3.05) is 0 Å². The summed E-state index contributed by atoms with van der Waals surface area (Å²) in [6.45, 7) is 3.82. The Morgan fingerprint density at radius 3 is 2.45 bits per heavy atom. The molecule has 0 radical (unpaired) electrons. The third kappa shape index (κ3) is 3.84. The molecule has 0 aliphatic heterocycles. The summed E-state index contributed by atoms with van der Waals surface area (Å²) < 4.78 is 11.8. The average molecular weight is 335 g/mol. The van der Waals surface area contributed by atoms with Crippen LogP contribution in [0.5, 0.6) is 11.5 Å². The van der Waals surface area contributed by atoms with Crippen molar-refractivity contribution in [2.24, 2.45) is 0 Å². The lowest BCUT2D eigenvalue weighted by atomic mass is 10.2. The van der Waals surface area contributed by atoms with Gasteiger partial charge in [0, 0.05) is 4.47 Å². The predicted octanol–water partition coefficient (Wildman–Crippen LogP) is 4.46. The van der Waals surface area contributed by atoms with Gasteiger partial charge in [-0.05, 0) is 44.2 Å². The second-order valence-electron chi connectivity index (χ2n) is 4.51. The molecule has 0 spiro atoms. The zero-order chi connectivity index (χ0) is 14.5. The summed E-state index contributed by atoms with van der Waals surface area (Å²) in [4.78, 5) is 12.2. The Bertz CT molecular complexity index is 594. The number of hydrogen-bond acceptors (Lipinski definition) is 3. The minimum Gasteiger partial charge on any atom is -0.490 e. The summed E-state index contributed by atoms with van der Waals surface area (Å²) in [6, 6.07) is 14.2. The fourth-order valence-electron chi connectivity index (χ4n) is 1.67. The zero-order valence-electron chi connectivity index (χ0n) is 11.3. The highest BCUT2D eigenvalue weighted by molar-refractivity contribution is 9.10. The van der Waals surface area contributed by atoms with Crippen molar-refractivity contribution in [1.82, 2.24) is 0 Å². The van der Waals surface area contributed by atoms with Crippen LogP contribution in [0.2, 0.25) is 0 Å². The number of ether oxygens (including phenoxy) is 2. The van der Waals surface area contributed by atoms with Crippen molar-refractivity contribution in [1.29, 1.82) is 0 Å². The minimum atomic E-state index is -0.437. The molecule has 0 unspecified atom stereocenters. The zero-order valence-corrected chi connectivity index (χ0v) is 12.9. The molecule has 0 N–H and O–H groups in total. The van der Waals surface area contributed by atoms with Crippen molar-refractivity contribution in [2.45, 2.75) is 20.0 Å². The quantitative estimate of drug-likeness (QED) is 0.611. The van der Waals surface area contributed by atoms with Gasteiger partial charge in [-0.15, -0.1) is 0 Å². The summed E-state index contributed by atoms with van der Waals surface area (Å²) in [5.41, 5.74) is 0.400. The van der Waals surface area contributed by atoms with E-state index in [2.05, 4.69) is 15.9 Å². The van der Waals surface area contributed by atoms with Gasteiger partial charge in [0.05, 0.1) is 6.10 Å². The second kappa shape index (κ2) is 6.57. The highest BCUT2D eigenvalue weighted by Gasteiger charge is 2.16. The number of halogens is 1. The molecule has 0 amide bonds. The van der Waals surface area contributed by atoms with Gasteiger partial charge in [0.25, 0.3) is 0 Å². The third-order valence-corrected chi connectivity index (χ3v) is 2.97. The lowest BCUT2D eigenvalue weighted by Gasteiger charge is -2.14. The third-order valence-electron chi connectivity index (χ3n) is 2.48. The van der Waals surface area contributed by atoms with Crippen LogP contribution >= 0.6 is 15.9 Å². The van der Waals surface area contributed by atoms with Gasteiger partial charge in [-0.3, -0.25) is 0 Å². The highest BCUT2D eigenvalue weighted by Crippen LogP contribution is 2.25. The summed E-state index contributed by atoms with van der Waals surface area (Å²) >= 11 is 3.35. The first-order valence-electron chi connectivity index (χ1n) is 6.29. The maximum atomic E-state index is 12.2. The number of carbonyl (C=O) groups is 1. The Balaban J connectivity index is 2.26. The molecule has 2 aromatic rings. The topological polar surface area (TPSA) is 35.5 Å². The molecule has 104 valence electrons. The lowest BCUT2D eigenvalue weighted by Crippen LogP contribution is -2.13. The first-order chi connectivity index (χ1) is 9.56. The first-order valence-corrected chi connectivity index (χ1v) is 7.09. The number of rotatable bonds is 4. The number of esters is 1. The van der Waals surface area contributed by atoms with Crippen molar-refractivity contribution in [3.63, 3.8) is 0 Å². The maximum Gasteiger partial charge on any atom is 0.347 e. The van der Waals surface area contributed by atoms with E-state index >= 15 is 0 Å². The smallest absolute Gasteiger partial charge is 0.347 e. The van der Waals surface area contributed by atoms with Gasteiger partial charge in [-0.2, -0.15) is 0 Å². The standard InChI is InChI=1S/C16H15BrO3/c1-11(2)19-15-9-8-12(17)10-14(15)16(18)20-13-6-4-3-5-7-13/h3-11H,1-2H3. The van der Waals surface area contributed by atoms with Crippen LogP contribution in [0.1, 0.15) is 24.2 Å². The summed E-state index contributed by atoms with van der Waals surface area (Å²) in [5.74, 6) is 0.588. The van der Waals surface area contributed by atoms with Crippen LogP contribution in [-0.2, 0) is 0 Å². The largest absolute Gasteiger partial charge is 0.490 e. The second-order valence-corrected chi connectivity index (χ2v) is 5.43. The predicted molar refractivity (Wildman–Crippen MR) is 81.3 cm³/mol. The van der Waals surface area contributed by atoms with Crippen LogP contribution in [0.15, 0.2) is 53.0 Å². The van der Waals surface area contributed by atoms with Crippen LogP contribution in [-0.4, -0.2) is 12.1 Å². The molecule has 0 aliphatic rings. The fraction of sp³-hybridized carbons (Fsp3) is 0.188. The molecule has 0 saturated carbocycles. The number of para-hydroxylation sites is 1. The van der Waals surface area contributed by atoms with Crippen LogP contribution in [0, 0.1) is 0 Å². The van der Waals surface area contributed by atoms with E-state index in [0.29, 0.717) is 17.1 Å². The number of benzene rings is 2. The van der Waals surface area contributed by atoms with Crippen LogP contribution < -0.4 is 9.47 Å². The maximum absolute atomic E-state index is 12.2. The minimum absolute atomic E-state index is 0.0144. The highest BCUT2D eigenvalue weighted by atomic mass is 79.9. The van der Waals surface area contributed by atoms with Crippen LogP contribution in [0.3, 0.4) is 0 Å². The van der Waals surface area contributed by atoms with Crippen LogP contribution in [0.4, 0.5) is 0 Å². The molecular formula is C16H15BrO3. The summed E-state index contributed by atoms with van der Waals surface area (Å²) in [6.07, 6.45) is -0.0144. The van der Waals surface area contributed by atoms with Crippen molar-refractivity contribution in [3.05, 3.63) is 58.6 Å². The molecule has 0 fully saturated rings. The van der Waals surface area contributed by atoms with Gasteiger partial charge >= 0.3 is 5.97 Å². The average Bonchev–Trinajstić information content (AvgIpc) is 2.41. The molecule has 4 heteroatoms. The van der Waals surface area contributed by atoms with E-state index < -0.39 is 5.97 Å². The number of hydrogen-bond donors (Lipinski definition) is 0. The van der Waals surface area contributed by atoms with Gasteiger partial charge < -0.3 is 9.47 Å². The summed E-state index contributed by atoms with van der Waals surface area (Å²) in [7, 11) is 0. The molecule has 2 rings (SSSR count). The molecule has 0 saturated heterocycles. The molecular weight excluding hydrogens is 320 g/mol. The van der Waals surface area contributed by atoms with E-state index in [1.807, 2.05) is 38.1 Å². The van der Waals surface area contributed by atoms with Gasteiger partial charge in [0.15, 0.2) is 0 Å². The van der Waals surface area contributed by atoms with Crippen molar-refractivity contribution in [3.8, 4) is 11.5 Å². The summed E-state index contributed by atoms with van der Waals surface area (Å²) in [5, 5.41) is 0. The monoisotopic (exact) mass is 334 g/mol. The molecule has 0 aliphatic carbocycles. The molecule has 20 heavy (non-hydrogen) atoms. The Morgan fingerprint density at radius 2 is 1.80 bits per heavy atom. The molecule has 0 atom stereocenters. The van der Waals surface area contributed by atoms with Gasteiger partial charge in [0.1, 0.15) is 17.1 Å². The van der Waals surface area contributed by atoms with E-state index in [0.717, 1.165) is 4.47 Å². The molecule has 0 bridgehead atoms. The number of carbonyl (C=O) groups excluding carboxylic acids is 1. The van der Waals surface area contributed by atoms with Crippen molar-refractivity contribution >= 4 is 21.9 Å².